The minimum atomic E-state index is -0.225. The molecule has 0 heterocycles. The lowest BCUT2D eigenvalue weighted by Crippen LogP contribution is -2.12. The number of halogens is 3. The largest absolute Gasteiger partial charge is 0.506 e. The number of nitrogens with one attached hydrogen (secondary N) is 1. The van der Waals surface area contributed by atoms with Crippen LogP contribution in [0.2, 0.25) is 0 Å². The van der Waals surface area contributed by atoms with Gasteiger partial charge in [0.15, 0.2) is 0 Å². The van der Waals surface area contributed by atoms with E-state index >= 15 is 0 Å². The lowest BCUT2D eigenvalue weighted by atomic mass is 10.2. The summed E-state index contributed by atoms with van der Waals surface area (Å²) in [7, 11) is 0. The van der Waals surface area contributed by atoms with Crippen molar-refractivity contribution in [2.75, 3.05) is 5.32 Å². The third-order valence-electron chi connectivity index (χ3n) is 2.39. The second-order valence-electron chi connectivity index (χ2n) is 3.72. The minimum Gasteiger partial charge on any atom is -0.506 e. The molecule has 98 valence electrons. The van der Waals surface area contributed by atoms with Crippen molar-refractivity contribution in [3.8, 4) is 5.75 Å². The highest BCUT2D eigenvalue weighted by atomic mass is 79.9. The molecule has 0 fully saturated rings. The first-order valence-corrected chi connectivity index (χ1v) is 7.61. The Hall–Kier alpha value is -0.850. The zero-order chi connectivity index (χ0) is 14.0. The van der Waals surface area contributed by atoms with Crippen LogP contribution in [0.4, 0.5) is 5.69 Å². The molecular formula is C13H8Br3NO2. The standard InChI is InChI=1S/C13H8Br3NO2/c14-9-4-2-1-3-8(9)13(19)17-7-5-10(15)12(18)11(16)6-7/h1-6,18H,(H,17,19). The minimum absolute atomic E-state index is 0.0962. The SMILES string of the molecule is O=C(Nc1cc(Br)c(O)c(Br)c1)c1ccccc1Br. The number of benzene rings is 2. The Morgan fingerprint density at radius 2 is 1.58 bits per heavy atom. The van der Waals surface area contributed by atoms with E-state index in [1.165, 1.54) is 0 Å². The van der Waals surface area contributed by atoms with E-state index in [2.05, 4.69) is 53.1 Å². The second-order valence-corrected chi connectivity index (χ2v) is 6.29. The molecule has 19 heavy (non-hydrogen) atoms. The Morgan fingerprint density at radius 3 is 2.16 bits per heavy atom. The number of phenols is 1. The summed E-state index contributed by atoms with van der Waals surface area (Å²) < 4.78 is 1.73. The van der Waals surface area contributed by atoms with Gasteiger partial charge in [0, 0.05) is 10.2 Å². The number of amides is 1. The summed E-state index contributed by atoms with van der Waals surface area (Å²) in [5.41, 5.74) is 1.13. The van der Waals surface area contributed by atoms with Gasteiger partial charge in [-0.1, -0.05) is 12.1 Å². The molecule has 0 aliphatic heterocycles. The van der Waals surface area contributed by atoms with Crippen molar-refractivity contribution in [3.05, 3.63) is 55.4 Å². The molecule has 0 aromatic heterocycles. The van der Waals surface area contributed by atoms with Crippen molar-refractivity contribution >= 4 is 59.4 Å². The van der Waals surface area contributed by atoms with Gasteiger partial charge in [0.2, 0.25) is 0 Å². The monoisotopic (exact) mass is 447 g/mol. The van der Waals surface area contributed by atoms with E-state index < -0.39 is 0 Å². The zero-order valence-corrected chi connectivity index (χ0v) is 14.2. The van der Waals surface area contributed by atoms with Crippen LogP contribution in [-0.2, 0) is 0 Å². The summed E-state index contributed by atoms with van der Waals surface area (Å²) >= 11 is 9.77. The number of hydrogen-bond acceptors (Lipinski definition) is 2. The Balaban J connectivity index is 2.27. The van der Waals surface area contributed by atoms with Gasteiger partial charge >= 0.3 is 0 Å². The van der Waals surface area contributed by atoms with Crippen LogP contribution in [0.3, 0.4) is 0 Å². The molecule has 0 unspecified atom stereocenters. The van der Waals surface area contributed by atoms with Crippen molar-refractivity contribution in [1.82, 2.24) is 0 Å². The number of carbonyl (C=O) groups is 1. The fraction of sp³-hybridized carbons (Fsp3) is 0. The van der Waals surface area contributed by atoms with E-state index in [0.717, 1.165) is 4.47 Å². The van der Waals surface area contributed by atoms with Crippen molar-refractivity contribution in [2.45, 2.75) is 0 Å². The Bertz CT molecular complexity index is 621. The molecule has 1 amide bonds. The molecule has 0 bridgehead atoms. The van der Waals surface area contributed by atoms with Crippen molar-refractivity contribution < 1.29 is 9.90 Å². The maximum Gasteiger partial charge on any atom is 0.256 e. The van der Waals surface area contributed by atoms with Gasteiger partial charge in [0.25, 0.3) is 5.91 Å². The van der Waals surface area contributed by atoms with Crippen LogP contribution in [0, 0.1) is 0 Å². The van der Waals surface area contributed by atoms with Crippen LogP contribution in [0.25, 0.3) is 0 Å². The molecule has 0 aliphatic carbocycles. The Morgan fingerprint density at radius 1 is 1.00 bits per heavy atom. The molecule has 0 atom stereocenters. The summed E-state index contributed by atoms with van der Waals surface area (Å²) in [6.45, 7) is 0. The number of carbonyl (C=O) groups excluding carboxylic acids is 1. The normalized spacial score (nSPS) is 10.3. The molecule has 0 radical (unpaired) electrons. The molecule has 0 saturated heterocycles. The van der Waals surface area contributed by atoms with Gasteiger partial charge in [-0.05, 0) is 72.1 Å². The molecule has 0 saturated carbocycles. The first-order valence-electron chi connectivity index (χ1n) is 5.23. The van der Waals surface area contributed by atoms with Crippen LogP contribution in [0.1, 0.15) is 10.4 Å². The lowest BCUT2D eigenvalue weighted by molar-refractivity contribution is 0.102. The topological polar surface area (TPSA) is 49.3 Å². The summed E-state index contributed by atoms with van der Waals surface area (Å²) in [6, 6.07) is 10.4. The highest BCUT2D eigenvalue weighted by Gasteiger charge is 2.12. The van der Waals surface area contributed by atoms with E-state index in [-0.39, 0.29) is 11.7 Å². The van der Waals surface area contributed by atoms with Gasteiger partial charge in [-0.15, -0.1) is 0 Å². The maximum absolute atomic E-state index is 12.1. The fourth-order valence-electron chi connectivity index (χ4n) is 1.48. The van der Waals surface area contributed by atoms with Crippen molar-refractivity contribution in [2.24, 2.45) is 0 Å². The second kappa shape index (κ2) is 6.07. The Labute approximate surface area is 135 Å². The summed E-state index contributed by atoms with van der Waals surface area (Å²) in [4.78, 5) is 12.1. The van der Waals surface area contributed by atoms with Gasteiger partial charge in [-0.25, -0.2) is 0 Å². The molecule has 0 aliphatic rings. The quantitative estimate of drug-likeness (QED) is 0.638. The Kier molecular flexibility index (Phi) is 4.65. The third kappa shape index (κ3) is 3.38. The van der Waals surface area contributed by atoms with Gasteiger partial charge in [-0.3, -0.25) is 4.79 Å². The van der Waals surface area contributed by atoms with E-state index in [0.29, 0.717) is 20.2 Å². The molecular weight excluding hydrogens is 442 g/mol. The third-order valence-corrected chi connectivity index (χ3v) is 4.29. The van der Waals surface area contributed by atoms with Crippen molar-refractivity contribution in [3.63, 3.8) is 0 Å². The van der Waals surface area contributed by atoms with Gasteiger partial charge in [-0.2, -0.15) is 0 Å². The van der Waals surface area contributed by atoms with Crippen LogP contribution < -0.4 is 5.32 Å². The van der Waals surface area contributed by atoms with E-state index in [1.807, 2.05) is 6.07 Å². The van der Waals surface area contributed by atoms with E-state index in [4.69, 9.17) is 0 Å². The molecule has 0 spiro atoms. The summed E-state index contributed by atoms with van der Waals surface area (Å²) in [6.07, 6.45) is 0. The predicted octanol–water partition coefficient (Wildman–Crippen LogP) is 4.93. The average Bonchev–Trinajstić information content (AvgIpc) is 2.36. The van der Waals surface area contributed by atoms with Crippen LogP contribution in [0.5, 0.6) is 5.75 Å². The number of aromatic hydroxyl groups is 1. The number of hydrogen-bond donors (Lipinski definition) is 2. The molecule has 2 aromatic rings. The molecule has 2 rings (SSSR count). The number of phenolic OH excluding ortho intramolecular Hbond substituents is 1. The van der Waals surface area contributed by atoms with Crippen LogP contribution in [-0.4, -0.2) is 11.0 Å². The van der Waals surface area contributed by atoms with E-state index in [9.17, 15) is 9.90 Å². The highest BCUT2D eigenvalue weighted by molar-refractivity contribution is 9.11. The van der Waals surface area contributed by atoms with Crippen LogP contribution in [0.15, 0.2) is 49.8 Å². The van der Waals surface area contributed by atoms with E-state index in [1.54, 1.807) is 30.3 Å². The molecule has 6 heteroatoms. The molecule has 3 nitrogen and oxygen atoms in total. The maximum atomic E-state index is 12.1. The first kappa shape index (κ1) is 14.6. The van der Waals surface area contributed by atoms with Gasteiger partial charge in [0.05, 0.1) is 14.5 Å². The van der Waals surface area contributed by atoms with Crippen molar-refractivity contribution in [1.29, 1.82) is 0 Å². The fourth-order valence-corrected chi connectivity index (χ4v) is 3.13. The predicted molar refractivity (Wildman–Crippen MR) is 85.6 cm³/mol. The van der Waals surface area contributed by atoms with Crippen LogP contribution >= 0.6 is 47.8 Å². The zero-order valence-electron chi connectivity index (χ0n) is 9.45. The smallest absolute Gasteiger partial charge is 0.256 e. The molecule has 2 aromatic carbocycles. The summed E-state index contributed by atoms with van der Waals surface area (Å²) in [5.74, 6) is -0.129. The molecule has 2 N–H and O–H groups in total. The number of rotatable bonds is 2. The highest BCUT2D eigenvalue weighted by Crippen LogP contribution is 2.35. The van der Waals surface area contributed by atoms with Gasteiger partial charge in [0.1, 0.15) is 5.75 Å². The average molecular weight is 450 g/mol. The van der Waals surface area contributed by atoms with Gasteiger partial charge < -0.3 is 10.4 Å². The number of anilines is 1. The summed E-state index contributed by atoms with van der Waals surface area (Å²) in [5, 5.41) is 12.4. The lowest BCUT2D eigenvalue weighted by Gasteiger charge is -2.09. The first-order chi connectivity index (χ1) is 8.99.